The molecule has 31 heavy (non-hydrogen) atoms. The highest BCUT2D eigenvalue weighted by Gasteiger charge is 2.12. The first-order chi connectivity index (χ1) is 14.9. The Labute approximate surface area is 183 Å². The molecule has 3 aromatic rings. The van der Waals surface area contributed by atoms with Crippen molar-refractivity contribution in [2.24, 2.45) is 5.10 Å². The van der Waals surface area contributed by atoms with Crippen LogP contribution in [-0.2, 0) is 9.59 Å². The SMILES string of the molecule is Cc1ccc(C(=O)Oc2ccc(C=NNC(=O)C(=O)Nc3ccc(Cl)cc3)cc2)cc1. The van der Waals surface area contributed by atoms with E-state index in [1.807, 2.05) is 19.1 Å². The van der Waals surface area contributed by atoms with Crippen molar-refractivity contribution in [3.8, 4) is 5.75 Å². The van der Waals surface area contributed by atoms with E-state index < -0.39 is 17.8 Å². The molecule has 0 fully saturated rings. The van der Waals surface area contributed by atoms with Crippen LogP contribution in [0.3, 0.4) is 0 Å². The van der Waals surface area contributed by atoms with Crippen molar-refractivity contribution in [2.75, 3.05) is 5.32 Å². The zero-order valence-corrected chi connectivity index (χ0v) is 17.2. The van der Waals surface area contributed by atoms with E-state index in [9.17, 15) is 14.4 Å². The highest BCUT2D eigenvalue weighted by atomic mass is 35.5. The monoisotopic (exact) mass is 435 g/mol. The van der Waals surface area contributed by atoms with Gasteiger partial charge in [0.15, 0.2) is 0 Å². The van der Waals surface area contributed by atoms with Gasteiger partial charge < -0.3 is 10.1 Å². The van der Waals surface area contributed by atoms with Gasteiger partial charge in [-0.1, -0.05) is 29.3 Å². The van der Waals surface area contributed by atoms with Crippen LogP contribution in [0.15, 0.2) is 77.9 Å². The summed E-state index contributed by atoms with van der Waals surface area (Å²) >= 11 is 5.77. The smallest absolute Gasteiger partial charge is 0.343 e. The van der Waals surface area contributed by atoms with Crippen molar-refractivity contribution in [1.29, 1.82) is 0 Å². The van der Waals surface area contributed by atoms with E-state index in [1.165, 1.54) is 6.21 Å². The summed E-state index contributed by atoms with van der Waals surface area (Å²) in [6.07, 6.45) is 1.36. The molecule has 0 radical (unpaired) electrons. The maximum absolute atomic E-state index is 12.1. The number of rotatable bonds is 5. The maximum Gasteiger partial charge on any atom is 0.343 e. The minimum atomic E-state index is -0.921. The molecule has 0 aliphatic carbocycles. The highest BCUT2D eigenvalue weighted by molar-refractivity contribution is 6.39. The summed E-state index contributed by atoms with van der Waals surface area (Å²) in [6.45, 7) is 1.93. The molecule has 0 saturated carbocycles. The summed E-state index contributed by atoms with van der Waals surface area (Å²) < 4.78 is 5.32. The Hall–Kier alpha value is -3.97. The molecule has 0 saturated heterocycles. The number of anilines is 1. The Kier molecular flexibility index (Phi) is 7.13. The number of amides is 2. The van der Waals surface area contributed by atoms with Crippen molar-refractivity contribution in [3.05, 3.63) is 94.5 Å². The first kappa shape index (κ1) is 21.7. The second kappa shape index (κ2) is 10.2. The predicted molar refractivity (Wildman–Crippen MR) is 118 cm³/mol. The quantitative estimate of drug-likeness (QED) is 0.208. The molecule has 0 aliphatic rings. The van der Waals surface area contributed by atoms with Gasteiger partial charge in [0.2, 0.25) is 0 Å². The van der Waals surface area contributed by atoms with Gasteiger partial charge in [-0.25, -0.2) is 10.2 Å². The van der Waals surface area contributed by atoms with Gasteiger partial charge in [0, 0.05) is 10.7 Å². The number of aryl methyl sites for hydroxylation is 1. The minimum Gasteiger partial charge on any atom is -0.423 e. The number of carbonyl (C=O) groups excluding carboxylic acids is 3. The fraction of sp³-hybridized carbons (Fsp3) is 0.0435. The largest absolute Gasteiger partial charge is 0.423 e. The number of halogens is 1. The lowest BCUT2D eigenvalue weighted by molar-refractivity contribution is -0.136. The molecular formula is C23H18ClN3O4. The molecule has 156 valence electrons. The van der Waals surface area contributed by atoms with Crippen LogP contribution in [0, 0.1) is 6.92 Å². The lowest BCUT2D eigenvalue weighted by Crippen LogP contribution is -2.32. The van der Waals surface area contributed by atoms with Gasteiger partial charge in [0.05, 0.1) is 11.8 Å². The topological polar surface area (TPSA) is 96.9 Å². The summed E-state index contributed by atoms with van der Waals surface area (Å²) in [5, 5.41) is 6.69. The maximum atomic E-state index is 12.1. The lowest BCUT2D eigenvalue weighted by atomic mass is 10.1. The number of carbonyl (C=O) groups is 3. The lowest BCUT2D eigenvalue weighted by Gasteiger charge is -2.05. The second-order valence-electron chi connectivity index (χ2n) is 6.48. The van der Waals surface area contributed by atoms with Crippen LogP contribution in [0.2, 0.25) is 5.02 Å². The van der Waals surface area contributed by atoms with E-state index in [0.29, 0.717) is 27.6 Å². The first-order valence-corrected chi connectivity index (χ1v) is 9.57. The average Bonchev–Trinajstić information content (AvgIpc) is 2.77. The van der Waals surface area contributed by atoms with Crippen LogP contribution >= 0.6 is 11.6 Å². The molecule has 0 aliphatic heterocycles. The standard InChI is InChI=1S/C23H18ClN3O4/c1-15-2-6-17(7-3-15)23(30)31-20-12-4-16(5-13-20)14-25-27-22(29)21(28)26-19-10-8-18(24)9-11-19/h2-14H,1H3,(H,26,28)(H,27,29). The first-order valence-electron chi connectivity index (χ1n) is 9.19. The summed E-state index contributed by atoms with van der Waals surface area (Å²) in [5.74, 6) is -1.87. The number of benzene rings is 3. The fourth-order valence-electron chi connectivity index (χ4n) is 2.41. The summed E-state index contributed by atoms with van der Waals surface area (Å²) in [4.78, 5) is 35.8. The number of hydrogen-bond donors (Lipinski definition) is 2. The third-order valence-corrected chi connectivity index (χ3v) is 4.32. The van der Waals surface area contributed by atoms with Crippen molar-refractivity contribution < 1.29 is 19.1 Å². The van der Waals surface area contributed by atoms with Crippen molar-refractivity contribution in [2.45, 2.75) is 6.92 Å². The predicted octanol–water partition coefficient (Wildman–Crippen LogP) is 3.96. The molecule has 2 amide bonds. The van der Waals surface area contributed by atoms with Crippen LogP contribution < -0.4 is 15.5 Å². The number of nitrogens with zero attached hydrogens (tertiary/aromatic N) is 1. The molecule has 0 heterocycles. The number of nitrogens with one attached hydrogen (secondary N) is 2. The summed E-state index contributed by atoms with van der Waals surface area (Å²) in [6, 6.07) is 19.9. The Balaban J connectivity index is 1.50. The van der Waals surface area contributed by atoms with E-state index in [4.69, 9.17) is 16.3 Å². The van der Waals surface area contributed by atoms with Crippen LogP contribution in [0.25, 0.3) is 0 Å². The normalized spacial score (nSPS) is 10.5. The molecule has 3 aromatic carbocycles. The Bertz CT molecular complexity index is 1110. The number of esters is 1. The molecule has 8 heteroatoms. The van der Waals surface area contributed by atoms with Crippen LogP contribution in [0.4, 0.5) is 5.69 Å². The van der Waals surface area contributed by atoms with Crippen LogP contribution in [0.5, 0.6) is 5.75 Å². The van der Waals surface area contributed by atoms with Gasteiger partial charge in [0.25, 0.3) is 0 Å². The Morgan fingerprint density at radius 2 is 1.52 bits per heavy atom. The van der Waals surface area contributed by atoms with Gasteiger partial charge in [-0.3, -0.25) is 9.59 Å². The summed E-state index contributed by atoms with van der Waals surface area (Å²) in [7, 11) is 0. The fourth-order valence-corrected chi connectivity index (χ4v) is 2.54. The van der Waals surface area contributed by atoms with Crippen molar-refractivity contribution in [3.63, 3.8) is 0 Å². The summed E-state index contributed by atoms with van der Waals surface area (Å²) in [5.41, 5.74) is 4.72. The van der Waals surface area contributed by atoms with E-state index in [0.717, 1.165) is 5.56 Å². The van der Waals surface area contributed by atoms with E-state index in [1.54, 1.807) is 60.7 Å². The molecule has 0 bridgehead atoms. The molecular weight excluding hydrogens is 418 g/mol. The van der Waals surface area contributed by atoms with Gasteiger partial charge >= 0.3 is 17.8 Å². The molecule has 0 atom stereocenters. The van der Waals surface area contributed by atoms with E-state index >= 15 is 0 Å². The molecule has 3 rings (SSSR count). The van der Waals surface area contributed by atoms with Crippen LogP contribution in [0.1, 0.15) is 21.5 Å². The molecule has 0 spiro atoms. The zero-order chi connectivity index (χ0) is 22.2. The Morgan fingerprint density at radius 3 is 2.16 bits per heavy atom. The van der Waals surface area contributed by atoms with Crippen molar-refractivity contribution >= 4 is 41.3 Å². The Morgan fingerprint density at radius 1 is 0.871 bits per heavy atom. The average molecular weight is 436 g/mol. The molecule has 2 N–H and O–H groups in total. The van der Waals surface area contributed by atoms with Gasteiger partial charge in [-0.2, -0.15) is 5.10 Å². The second-order valence-corrected chi connectivity index (χ2v) is 6.92. The number of hydrogen-bond acceptors (Lipinski definition) is 5. The van der Waals surface area contributed by atoms with Gasteiger partial charge in [-0.15, -0.1) is 0 Å². The van der Waals surface area contributed by atoms with E-state index in [-0.39, 0.29) is 0 Å². The molecule has 0 aromatic heterocycles. The number of ether oxygens (including phenoxy) is 1. The van der Waals surface area contributed by atoms with Gasteiger partial charge in [-0.05, 0) is 73.2 Å². The molecule has 7 nitrogen and oxygen atoms in total. The van der Waals surface area contributed by atoms with E-state index in [2.05, 4.69) is 15.8 Å². The number of hydrazone groups is 1. The third-order valence-electron chi connectivity index (χ3n) is 4.07. The molecule has 0 unspecified atom stereocenters. The third kappa shape index (κ3) is 6.52. The zero-order valence-electron chi connectivity index (χ0n) is 16.5. The van der Waals surface area contributed by atoms with Crippen LogP contribution in [-0.4, -0.2) is 24.0 Å². The highest BCUT2D eigenvalue weighted by Crippen LogP contribution is 2.15. The van der Waals surface area contributed by atoms with Crippen molar-refractivity contribution in [1.82, 2.24) is 5.43 Å². The minimum absolute atomic E-state index is 0.370. The van der Waals surface area contributed by atoms with Gasteiger partial charge in [0.1, 0.15) is 5.75 Å².